The Labute approximate surface area is 139 Å². The summed E-state index contributed by atoms with van der Waals surface area (Å²) in [5.41, 5.74) is 1.24. The highest BCUT2D eigenvalue weighted by molar-refractivity contribution is 6.26. The molecule has 1 amide bonds. The monoisotopic (exact) mass is 336 g/mol. The Morgan fingerprint density at radius 3 is 2.58 bits per heavy atom. The van der Waals surface area contributed by atoms with E-state index < -0.39 is 23.9 Å². The van der Waals surface area contributed by atoms with E-state index in [4.69, 9.17) is 0 Å². The number of ether oxygens (including phenoxy) is 2. The third kappa shape index (κ3) is 6.07. The minimum atomic E-state index is -0.840. The molecule has 0 aliphatic heterocycles. The maximum absolute atomic E-state index is 11.8. The quantitative estimate of drug-likeness (QED) is 0.426. The van der Waals surface area contributed by atoms with Gasteiger partial charge in [-0.15, -0.1) is 0 Å². The largest absolute Gasteiger partial charge is 0.467 e. The Balaban J connectivity index is 2.74. The Morgan fingerprint density at radius 2 is 1.96 bits per heavy atom. The minimum Gasteiger partial charge on any atom is -0.467 e. The Kier molecular flexibility index (Phi) is 7.97. The van der Waals surface area contributed by atoms with E-state index in [1.54, 1.807) is 18.2 Å². The van der Waals surface area contributed by atoms with Crippen molar-refractivity contribution >= 4 is 24.1 Å². The second-order valence-corrected chi connectivity index (χ2v) is 4.73. The summed E-state index contributed by atoms with van der Waals surface area (Å²) in [5, 5.41) is 5.81. The van der Waals surface area contributed by atoms with Gasteiger partial charge in [-0.1, -0.05) is 17.3 Å². The van der Waals surface area contributed by atoms with Gasteiger partial charge in [0.05, 0.1) is 19.8 Å². The van der Waals surface area contributed by atoms with Crippen LogP contribution in [0.5, 0.6) is 0 Å². The number of carbonyl (C=O) groups excluding carboxylic acids is 3. The second kappa shape index (κ2) is 9.98. The van der Waals surface area contributed by atoms with Gasteiger partial charge in [0, 0.05) is 0 Å². The Morgan fingerprint density at radius 1 is 1.21 bits per heavy atom. The Hall–Kier alpha value is -2.90. The van der Waals surface area contributed by atoms with E-state index in [-0.39, 0.29) is 0 Å². The van der Waals surface area contributed by atoms with Crippen molar-refractivity contribution in [3.05, 3.63) is 35.4 Å². The first-order valence-electron chi connectivity index (χ1n) is 7.14. The highest BCUT2D eigenvalue weighted by atomic mass is 16.6. The summed E-state index contributed by atoms with van der Waals surface area (Å²) in [7, 11) is 3.85. The van der Waals surface area contributed by atoms with Crippen molar-refractivity contribution in [3.63, 3.8) is 0 Å². The van der Waals surface area contributed by atoms with E-state index in [1.807, 2.05) is 6.07 Å². The molecule has 1 aromatic rings. The first-order chi connectivity index (χ1) is 11.5. The molecule has 1 aromatic carbocycles. The van der Waals surface area contributed by atoms with E-state index >= 15 is 0 Å². The number of nitrogens with one attached hydrogen (secondary N) is 1. The molecule has 8 nitrogen and oxygen atoms in total. The number of aryl methyl sites for hydroxylation is 1. The van der Waals surface area contributed by atoms with E-state index in [9.17, 15) is 14.4 Å². The van der Waals surface area contributed by atoms with Crippen LogP contribution in [0.2, 0.25) is 0 Å². The van der Waals surface area contributed by atoms with E-state index in [1.165, 1.54) is 21.3 Å². The van der Waals surface area contributed by atoms with Crippen LogP contribution in [0.4, 0.5) is 0 Å². The third-order valence-corrected chi connectivity index (χ3v) is 3.15. The summed E-state index contributed by atoms with van der Waals surface area (Å²) in [6.07, 6.45) is 1.67. The summed E-state index contributed by atoms with van der Waals surface area (Å²) in [6, 6.07) is 6.01. The maximum Gasteiger partial charge on any atom is 0.337 e. The molecule has 0 aliphatic carbocycles. The summed E-state index contributed by atoms with van der Waals surface area (Å²) < 4.78 is 9.35. The lowest BCUT2D eigenvalue weighted by molar-refractivity contribution is -0.144. The normalized spacial score (nSPS) is 11.6. The highest BCUT2D eigenvalue weighted by Crippen LogP contribution is 2.10. The third-order valence-electron chi connectivity index (χ3n) is 3.15. The zero-order valence-corrected chi connectivity index (χ0v) is 13.8. The minimum absolute atomic E-state index is 0.295. The number of rotatable bonds is 8. The van der Waals surface area contributed by atoms with Crippen LogP contribution in [-0.4, -0.2) is 51.4 Å². The molecule has 0 bridgehead atoms. The molecule has 1 rings (SSSR count). The van der Waals surface area contributed by atoms with Gasteiger partial charge in [-0.2, -0.15) is 0 Å². The predicted molar refractivity (Wildman–Crippen MR) is 85.6 cm³/mol. The van der Waals surface area contributed by atoms with Crippen molar-refractivity contribution in [2.75, 3.05) is 21.3 Å². The average molecular weight is 336 g/mol. The molecule has 1 N–H and O–H groups in total. The van der Waals surface area contributed by atoms with Crippen LogP contribution in [0.3, 0.4) is 0 Å². The molecule has 8 heteroatoms. The van der Waals surface area contributed by atoms with Crippen LogP contribution in [-0.2, 0) is 30.3 Å². The predicted octanol–water partition coefficient (Wildman–Crippen LogP) is 0.696. The lowest BCUT2D eigenvalue weighted by Gasteiger charge is -2.15. The Bertz CT molecular complexity index is 614. The SMILES string of the molecule is CO/N=C/C(=O)N[C@@H](CCc1cccc(C(=O)OC)c1)C(=O)OC. The number of esters is 2. The first-order valence-corrected chi connectivity index (χ1v) is 7.14. The molecule has 0 saturated heterocycles. The van der Waals surface area contributed by atoms with Crippen LogP contribution in [0.15, 0.2) is 29.4 Å². The maximum atomic E-state index is 11.8. The van der Waals surface area contributed by atoms with Gasteiger partial charge < -0.3 is 19.6 Å². The molecule has 0 fully saturated rings. The van der Waals surface area contributed by atoms with Gasteiger partial charge in [-0.05, 0) is 30.5 Å². The van der Waals surface area contributed by atoms with Crippen molar-refractivity contribution in [1.82, 2.24) is 5.32 Å². The number of nitrogens with zero attached hydrogens (tertiary/aromatic N) is 1. The number of hydrogen-bond donors (Lipinski definition) is 1. The highest BCUT2D eigenvalue weighted by Gasteiger charge is 2.21. The summed E-state index contributed by atoms with van der Waals surface area (Å²) in [5.74, 6) is -1.58. The fourth-order valence-corrected chi connectivity index (χ4v) is 1.98. The van der Waals surface area contributed by atoms with Gasteiger partial charge in [0.2, 0.25) is 0 Å². The second-order valence-electron chi connectivity index (χ2n) is 4.73. The van der Waals surface area contributed by atoms with Crippen molar-refractivity contribution in [3.8, 4) is 0 Å². The first kappa shape index (κ1) is 19.1. The molecule has 0 heterocycles. The van der Waals surface area contributed by atoms with Gasteiger partial charge in [0.25, 0.3) is 5.91 Å². The number of amides is 1. The molecular weight excluding hydrogens is 316 g/mol. The van der Waals surface area contributed by atoms with Gasteiger partial charge >= 0.3 is 11.9 Å². The molecular formula is C16H20N2O6. The van der Waals surface area contributed by atoms with E-state index in [0.717, 1.165) is 11.8 Å². The van der Waals surface area contributed by atoms with Crippen LogP contribution < -0.4 is 5.32 Å². The molecule has 1 atom stereocenters. The number of oxime groups is 1. The summed E-state index contributed by atoms with van der Waals surface area (Å²) in [4.78, 5) is 39.3. The summed E-state index contributed by atoms with van der Waals surface area (Å²) in [6.45, 7) is 0. The van der Waals surface area contributed by atoms with Crippen LogP contribution in [0.25, 0.3) is 0 Å². The van der Waals surface area contributed by atoms with Crippen molar-refractivity contribution in [2.45, 2.75) is 18.9 Å². The molecule has 0 aromatic heterocycles. The number of benzene rings is 1. The van der Waals surface area contributed by atoms with Crippen molar-refractivity contribution in [2.24, 2.45) is 5.16 Å². The molecule has 130 valence electrons. The zero-order valence-electron chi connectivity index (χ0n) is 13.8. The smallest absolute Gasteiger partial charge is 0.337 e. The molecule has 0 saturated carbocycles. The van der Waals surface area contributed by atoms with Gasteiger partial charge in [0.1, 0.15) is 19.4 Å². The van der Waals surface area contributed by atoms with E-state index in [2.05, 4.69) is 24.8 Å². The van der Waals surface area contributed by atoms with Crippen molar-refractivity contribution < 1.29 is 28.7 Å². The van der Waals surface area contributed by atoms with Gasteiger partial charge in [-0.3, -0.25) is 4.79 Å². The molecule has 0 spiro atoms. The van der Waals surface area contributed by atoms with E-state index in [0.29, 0.717) is 18.4 Å². The molecule has 0 radical (unpaired) electrons. The fraction of sp³-hybridized carbons (Fsp3) is 0.375. The van der Waals surface area contributed by atoms with Gasteiger partial charge in [-0.25, -0.2) is 9.59 Å². The average Bonchev–Trinajstić information content (AvgIpc) is 2.62. The van der Waals surface area contributed by atoms with Crippen LogP contribution in [0.1, 0.15) is 22.3 Å². The molecule has 0 unspecified atom stereocenters. The number of carbonyl (C=O) groups is 3. The zero-order chi connectivity index (χ0) is 17.9. The van der Waals surface area contributed by atoms with Crippen molar-refractivity contribution in [1.29, 1.82) is 0 Å². The topological polar surface area (TPSA) is 103 Å². The molecule has 24 heavy (non-hydrogen) atoms. The number of methoxy groups -OCH3 is 2. The van der Waals surface area contributed by atoms with Gasteiger partial charge in [0.15, 0.2) is 0 Å². The summed E-state index contributed by atoms with van der Waals surface area (Å²) >= 11 is 0. The fourth-order valence-electron chi connectivity index (χ4n) is 1.98. The van der Waals surface area contributed by atoms with Crippen LogP contribution >= 0.6 is 0 Å². The molecule has 0 aliphatic rings. The van der Waals surface area contributed by atoms with Crippen LogP contribution in [0, 0.1) is 0 Å². The lowest BCUT2D eigenvalue weighted by atomic mass is 10.0. The lowest BCUT2D eigenvalue weighted by Crippen LogP contribution is -2.42. The number of hydrogen-bond acceptors (Lipinski definition) is 7. The standard InChI is InChI=1S/C16H20N2O6/c1-22-15(20)12-6-4-5-11(9-12)7-8-13(16(21)23-2)18-14(19)10-17-24-3/h4-6,9-10,13H,7-8H2,1-3H3,(H,18,19)/b17-10+/t13-/m0/s1.